The van der Waals surface area contributed by atoms with Gasteiger partial charge in [-0.15, -0.1) is 0 Å². The third-order valence-corrected chi connectivity index (χ3v) is 8.68. The number of ether oxygens (including phenoxy) is 1. The Labute approximate surface area is 166 Å². The van der Waals surface area contributed by atoms with Gasteiger partial charge in [-0.05, 0) is 30.2 Å². The number of nitrogens with zero attached hydrogens (tertiary/aromatic N) is 3. The maximum atomic E-state index is 14.8. The van der Waals surface area contributed by atoms with Crippen LogP contribution in [0.3, 0.4) is 0 Å². The van der Waals surface area contributed by atoms with Crippen molar-refractivity contribution in [2.24, 2.45) is 13.0 Å². The van der Waals surface area contributed by atoms with Crippen LogP contribution in [-0.2, 0) is 34.3 Å². The lowest BCUT2D eigenvalue weighted by molar-refractivity contribution is 0.146. The highest BCUT2D eigenvalue weighted by Gasteiger charge is 2.37. The molecule has 0 N–H and O–H groups in total. The summed E-state index contributed by atoms with van der Waals surface area (Å²) in [5, 5.41) is 0.405. The Bertz CT molecular complexity index is 1010. The van der Waals surface area contributed by atoms with Crippen LogP contribution >= 0.6 is 0 Å². The molecule has 3 unspecified atom stereocenters. The van der Waals surface area contributed by atoms with Crippen molar-refractivity contribution in [1.29, 1.82) is 0 Å². The first kappa shape index (κ1) is 19.5. The lowest BCUT2D eigenvalue weighted by Gasteiger charge is -2.33. The van der Waals surface area contributed by atoms with Gasteiger partial charge in [-0.3, -0.25) is 4.21 Å². The maximum Gasteiger partial charge on any atom is 0.243 e. The molecule has 3 heterocycles. The fourth-order valence-corrected chi connectivity index (χ4v) is 6.63. The van der Waals surface area contributed by atoms with Crippen molar-refractivity contribution in [2.75, 3.05) is 25.4 Å². The molecule has 7 nitrogen and oxygen atoms in total. The molecular formula is C18H22FN3O4S2. The van der Waals surface area contributed by atoms with Gasteiger partial charge in [0.25, 0.3) is 0 Å². The molecule has 1 saturated heterocycles. The van der Waals surface area contributed by atoms with Gasteiger partial charge >= 0.3 is 0 Å². The second-order valence-electron chi connectivity index (χ2n) is 7.13. The van der Waals surface area contributed by atoms with E-state index in [-0.39, 0.29) is 23.7 Å². The zero-order chi connectivity index (χ0) is 19.9. The first-order valence-corrected chi connectivity index (χ1v) is 11.9. The molecule has 0 amide bonds. The molecule has 0 aliphatic carbocycles. The van der Waals surface area contributed by atoms with Gasteiger partial charge in [0.1, 0.15) is 11.9 Å². The Morgan fingerprint density at radius 1 is 1.39 bits per heavy atom. The molecule has 1 aromatic heterocycles. The minimum absolute atomic E-state index is 0.135. The van der Waals surface area contributed by atoms with E-state index < -0.39 is 32.9 Å². The molecule has 10 heteroatoms. The summed E-state index contributed by atoms with van der Waals surface area (Å²) in [6.45, 7) is 0.529. The molecule has 0 bridgehead atoms. The smallest absolute Gasteiger partial charge is 0.243 e. The van der Waals surface area contributed by atoms with Crippen LogP contribution in [0.4, 0.5) is 4.39 Å². The van der Waals surface area contributed by atoms with Crippen molar-refractivity contribution in [3.63, 3.8) is 0 Å². The van der Waals surface area contributed by atoms with E-state index in [2.05, 4.69) is 4.98 Å². The Morgan fingerprint density at radius 2 is 2.21 bits per heavy atom. The van der Waals surface area contributed by atoms with Crippen LogP contribution in [0.5, 0.6) is 5.75 Å². The summed E-state index contributed by atoms with van der Waals surface area (Å²) in [5.74, 6) is 0.381. The molecule has 1 fully saturated rings. The summed E-state index contributed by atoms with van der Waals surface area (Å²) < 4.78 is 61.4. The second kappa shape index (κ2) is 7.57. The van der Waals surface area contributed by atoms with Crippen LogP contribution in [-0.4, -0.2) is 58.1 Å². The molecule has 2 aliphatic heterocycles. The van der Waals surface area contributed by atoms with E-state index in [1.54, 1.807) is 36.1 Å². The Balaban J connectivity index is 1.45. The topological polar surface area (TPSA) is 81.5 Å². The third kappa shape index (κ3) is 3.60. The number of imidazole rings is 1. The maximum absolute atomic E-state index is 14.8. The first-order chi connectivity index (χ1) is 13.4. The van der Waals surface area contributed by atoms with Crippen LogP contribution in [0, 0.1) is 5.92 Å². The summed E-state index contributed by atoms with van der Waals surface area (Å²) in [6.07, 6.45) is 2.87. The predicted molar refractivity (Wildman–Crippen MR) is 102 cm³/mol. The van der Waals surface area contributed by atoms with Crippen molar-refractivity contribution in [3.8, 4) is 5.75 Å². The highest BCUT2D eigenvalue weighted by atomic mass is 32.2. The molecule has 2 aliphatic rings. The fraction of sp³-hybridized carbons (Fsp3) is 0.500. The number of benzene rings is 1. The van der Waals surface area contributed by atoms with E-state index in [1.807, 2.05) is 0 Å². The van der Waals surface area contributed by atoms with Crippen LogP contribution in [0.1, 0.15) is 12.0 Å². The zero-order valence-corrected chi connectivity index (χ0v) is 17.1. The third-order valence-electron chi connectivity index (χ3n) is 5.28. The van der Waals surface area contributed by atoms with E-state index in [1.165, 1.54) is 10.4 Å². The van der Waals surface area contributed by atoms with Crippen molar-refractivity contribution >= 4 is 20.8 Å². The largest absolute Gasteiger partial charge is 0.493 e. The summed E-state index contributed by atoms with van der Waals surface area (Å²) >= 11 is 0. The zero-order valence-electron chi connectivity index (χ0n) is 15.5. The SMILES string of the molecule is Cn1ccnc1S(=O)CC1CCN(S(=O)(=O)c2ccc3c(c2)CCO3)CC1F. The molecule has 152 valence electrons. The molecule has 2 aromatic rings. The summed E-state index contributed by atoms with van der Waals surface area (Å²) in [5.41, 5.74) is 0.859. The number of rotatable bonds is 5. The quantitative estimate of drug-likeness (QED) is 0.723. The van der Waals surface area contributed by atoms with Crippen molar-refractivity contribution in [1.82, 2.24) is 13.9 Å². The predicted octanol–water partition coefficient (Wildman–Crippen LogP) is 1.51. The number of aryl methyl sites for hydroxylation is 1. The highest BCUT2D eigenvalue weighted by molar-refractivity contribution is 7.89. The van der Waals surface area contributed by atoms with E-state index in [0.29, 0.717) is 30.4 Å². The van der Waals surface area contributed by atoms with Gasteiger partial charge in [-0.25, -0.2) is 17.8 Å². The van der Waals surface area contributed by atoms with E-state index in [4.69, 9.17) is 4.74 Å². The molecule has 3 atom stereocenters. The van der Waals surface area contributed by atoms with Crippen LogP contribution in [0.2, 0.25) is 0 Å². The van der Waals surface area contributed by atoms with Crippen LogP contribution in [0.25, 0.3) is 0 Å². The number of piperidine rings is 1. The Kier molecular flexibility index (Phi) is 5.28. The minimum Gasteiger partial charge on any atom is -0.493 e. The van der Waals surface area contributed by atoms with Crippen LogP contribution in [0.15, 0.2) is 40.6 Å². The molecule has 0 spiro atoms. The number of hydrogen-bond acceptors (Lipinski definition) is 5. The summed E-state index contributed by atoms with van der Waals surface area (Å²) in [4.78, 5) is 4.22. The van der Waals surface area contributed by atoms with Gasteiger partial charge in [-0.2, -0.15) is 4.31 Å². The van der Waals surface area contributed by atoms with E-state index in [9.17, 15) is 17.0 Å². The standard InChI is InChI=1S/C18H22FN3O4S2/c1-21-8-6-20-18(21)27(23)12-14-4-7-22(11-16(14)19)28(24,25)15-2-3-17-13(10-15)5-9-26-17/h2-3,6,8,10,14,16H,4-5,7,9,11-12H2,1H3. The van der Waals surface area contributed by atoms with Gasteiger partial charge in [-0.1, -0.05) is 0 Å². The summed E-state index contributed by atoms with van der Waals surface area (Å²) in [6, 6.07) is 4.78. The molecule has 0 saturated carbocycles. The second-order valence-corrected chi connectivity index (χ2v) is 10.5. The Morgan fingerprint density at radius 3 is 2.93 bits per heavy atom. The molecular weight excluding hydrogens is 405 g/mol. The minimum atomic E-state index is -3.77. The molecule has 4 rings (SSSR count). The molecule has 28 heavy (non-hydrogen) atoms. The summed E-state index contributed by atoms with van der Waals surface area (Å²) in [7, 11) is -3.45. The number of hydrogen-bond donors (Lipinski definition) is 0. The van der Waals surface area contributed by atoms with Gasteiger partial charge in [0.15, 0.2) is 5.16 Å². The lowest BCUT2D eigenvalue weighted by atomic mass is 9.98. The molecule has 1 aromatic carbocycles. The Hall–Kier alpha value is -1.78. The lowest BCUT2D eigenvalue weighted by Crippen LogP contribution is -2.46. The monoisotopic (exact) mass is 427 g/mol. The molecule has 0 radical (unpaired) electrons. The van der Waals surface area contributed by atoms with Crippen LogP contribution < -0.4 is 4.74 Å². The average Bonchev–Trinajstić information content (AvgIpc) is 3.31. The van der Waals surface area contributed by atoms with Gasteiger partial charge in [0, 0.05) is 50.6 Å². The average molecular weight is 428 g/mol. The van der Waals surface area contributed by atoms with Gasteiger partial charge in [0.05, 0.1) is 22.3 Å². The number of fused-ring (bicyclic) bond motifs is 1. The number of aromatic nitrogens is 2. The highest BCUT2D eigenvalue weighted by Crippen LogP contribution is 2.31. The van der Waals surface area contributed by atoms with E-state index in [0.717, 1.165) is 5.56 Å². The number of sulfonamides is 1. The van der Waals surface area contributed by atoms with Crippen molar-refractivity contribution < 1.29 is 21.8 Å². The normalized spacial score (nSPS) is 23.9. The number of halogens is 1. The number of alkyl halides is 1. The van der Waals surface area contributed by atoms with Gasteiger partial charge in [0.2, 0.25) is 10.0 Å². The van der Waals surface area contributed by atoms with Gasteiger partial charge < -0.3 is 9.30 Å². The fourth-order valence-electron chi connectivity index (χ4n) is 3.64. The van der Waals surface area contributed by atoms with E-state index >= 15 is 0 Å². The first-order valence-electron chi connectivity index (χ1n) is 9.12. The van der Waals surface area contributed by atoms with Crippen molar-refractivity contribution in [3.05, 3.63) is 36.2 Å². The van der Waals surface area contributed by atoms with Crippen molar-refractivity contribution in [2.45, 2.75) is 29.1 Å².